The smallest absolute Gasteiger partial charge is 0.269 e. The molecular formula is C15H15ClN2OS. The van der Waals surface area contributed by atoms with Crippen molar-refractivity contribution in [2.75, 3.05) is 17.2 Å². The fourth-order valence-electron chi connectivity index (χ4n) is 2.52. The summed E-state index contributed by atoms with van der Waals surface area (Å²) in [4.78, 5) is 15.1. The van der Waals surface area contributed by atoms with Crippen LogP contribution >= 0.6 is 22.9 Å². The van der Waals surface area contributed by atoms with Gasteiger partial charge in [0.1, 0.15) is 4.88 Å². The van der Waals surface area contributed by atoms with Gasteiger partial charge in [-0.2, -0.15) is 0 Å². The number of rotatable bonds is 1. The summed E-state index contributed by atoms with van der Waals surface area (Å²) in [7, 11) is 0. The number of anilines is 2. The molecule has 2 heterocycles. The number of nitrogens with zero attached hydrogens (tertiary/aromatic N) is 1. The van der Waals surface area contributed by atoms with Crippen LogP contribution in [0.1, 0.15) is 27.2 Å². The Morgan fingerprint density at radius 2 is 2.25 bits per heavy atom. The van der Waals surface area contributed by atoms with Crippen LogP contribution in [0, 0.1) is 6.92 Å². The Bertz CT molecular complexity index is 681. The van der Waals surface area contributed by atoms with Gasteiger partial charge < -0.3 is 10.6 Å². The second kappa shape index (κ2) is 5.11. The lowest BCUT2D eigenvalue weighted by Crippen LogP contribution is -2.35. The van der Waals surface area contributed by atoms with Gasteiger partial charge in [-0.05, 0) is 54.5 Å². The highest BCUT2D eigenvalue weighted by atomic mass is 35.5. The van der Waals surface area contributed by atoms with Gasteiger partial charge >= 0.3 is 0 Å². The van der Waals surface area contributed by atoms with E-state index < -0.39 is 0 Å². The highest BCUT2D eigenvalue weighted by Crippen LogP contribution is 2.34. The van der Waals surface area contributed by atoms with E-state index in [1.807, 2.05) is 35.4 Å². The van der Waals surface area contributed by atoms with E-state index in [1.165, 1.54) is 11.3 Å². The number of amides is 1. The van der Waals surface area contributed by atoms with Crippen LogP contribution in [0.4, 0.5) is 11.4 Å². The number of benzene rings is 1. The molecule has 0 unspecified atom stereocenters. The third-order valence-corrected chi connectivity index (χ3v) is 5.25. The molecule has 5 heteroatoms. The Morgan fingerprint density at radius 1 is 1.45 bits per heavy atom. The van der Waals surface area contributed by atoms with Gasteiger partial charge in [0, 0.05) is 17.9 Å². The van der Waals surface area contributed by atoms with Gasteiger partial charge in [-0.15, -0.1) is 11.3 Å². The number of hydrogen-bond acceptors (Lipinski definition) is 3. The molecule has 1 aromatic carbocycles. The molecular weight excluding hydrogens is 292 g/mol. The first kappa shape index (κ1) is 13.5. The Morgan fingerprint density at radius 3 is 2.95 bits per heavy atom. The van der Waals surface area contributed by atoms with E-state index in [4.69, 9.17) is 17.3 Å². The van der Waals surface area contributed by atoms with Crippen molar-refractivity contribution in [2.45, 2.75) is 19.8 Å². The van der Waals surface area contributed by atoms with Crippen molar-refractivity contribution < 1.29 is 4.79 Å². The number of halogens is 1. The van der Waals surface area contributed by atoms with Crippen molar-refractivity contribution in [1.82, 2.24) is 0 Å². The van der Waals surface area contributed by atoms with E-state index >= 15 is 0 Å². The van der Waals surface area contributed by atoms with E-state index in [-0.39, 0.29) is 5.91 Å². The zero-order chi connectivity index (χ0) is 14.3. The third-order valence-electron chi connectivity index (χ3n) is 3.56. The molecule has 1 aliphatic heterocycles. The first-order valence-corrected chi connectivity index (χ1v) is 7.77. The minimum Gasteiger partial charge on any atom is -0.399 e. The van der Waals surface area contributed by atoms with Crippen molar-refractivity contribution >= 4 is 40.2 Å². The van der Waals surface area contributed by atoms with E-state index in [1.54, 1.807) is 0 Å². The largest absolute Gasteiger partial charge is 0.399 e. The van der Waals surface area contributed by atoms with Crippen LogP contribution in [0.5, 0.6) is 0 Å². The molecule has 3 rings (SSSR count). The van der Waals surface area contributed by atoms with Gasteiger partial charge in [0.05, 0.1) is 5.02 Å². The van der Waals surface area contributed by atoms with Gasteiger partial charge in [0.25, 0.3) is 5.91 Å². The summed E-state index contributed by atoms with van der Waals surface area (Å²) in [6.45, 7) is 2.64. The van der Waals surface area contributed by atoms with Crippen LogP contribution in [-0.2, 0) is 6.42 Å². The van der Waals surface area contributed by atoms with Crippen LogP contribution in [0.3, 0.4) is 0 Å². The maximum absolute atomic E-state index is 12.7. The van der Waals surface area contributed by atoms with Gasteiger partial charge in [-0.25, -0.2) is 0 Å². The van der Waals surface area contributed by atoms with Crippen LogP contribution in [-0.4, -0.2) is 12.5 Å². The normalized spacial score (nSPS) is 14.2. The molecule has 2 aromatic rings. The standard InChI is InChI=1S/C15H15ClN2OS/c1-9-8-20-14(13(9)16)15(19)18-6-2-3-10-7-11(17)4-5-12(10)18/h4-5,7-8H,2-3,6,17H2,1H3. The number of nitrogen functional groups attached to an aromatic ring is 1. The Hall–Kier alpha value is -1.52. The molecule has 0 aliphatic carbocycles. The van der Waals surface area contributed by atoms with Crippen molar-refractivity contribution in [3.05, 3.63) is 44.6 Å². The molecule has 0 bridgehead atoms. The number of thiophene rings is 1. The zero-order valence-electron chi connectivity index (χ0n) is 11.1. The van der Waals surface area contributed by atoms with Gasteiger partial charge in [-0.3, -0.25) is 4.79 Å². The number of carbonyl (C=O) groups is 1. The van der Waals surface area contributed by atoms with Gasteiger partial charge in [-0.1, -0.05) is 11.6 Å². The van der Waals surface area contributed by atoms with Crippen LogP contribution < -0.4 is 10.6 Å². The second-order valence-corrected chi connectivity index (χ2v) is 6.27. The van der Waals surface area contributed by atoms with Crippen LogP contribution in [0.25, 0.3) is 0 Å². The quantitative estimate of drug-likeness (QED) is 0.813. The topological polar surface area (TPSA) is 46.3 Å². The minimum atomic E-state index is -0.0150. The Labute approximate surface area is 127 Å². The molecule has 0 spiro atoms. The molecule has 1 aromatic heterocycles. The SMILES string of the molecule is Cc1csc(C(=O)N2CCCc3cc(N)ccc32)c1Cl. The molecule has 104 valence electrons. The van der Waals surface area contributed by atoms with Crippen molar-refractivity contribution in [2.24, 2.45) is 0 Å². The number of fused-ring (bicyclic) bond motifs is 1. The van der Waals surface area contributed by atoms with E-state index in [9.17, 15) is 4.79 Å². The van der Waals surface area contributed by atoms with Gasteiger partial charge in [0.15, 0.2) is 0 Å². The molecule has 0 fully saturated rings. The average Bonchev–Trinajstić information content (AvgIpc) is 2.77. The fourth-order valence-corrected chi connectivity index (χ4v) is 3.75. The summed E-state index contributed by atoms with van der Waals surface area (Å²) >= 11 is 7.63. The Balaban J connectivity index is 2.00. The predicted molar refractivity (Wildman–Crippen MR) is 84.9 cm³/mol. The highest BCUT2D eigenvalue weighted by molar-refractivity contribution is 7.13. The lowest BCUT2D eigenvalue weighted by molar-refractivity contribution is 0.0989. The zero-order valence-corrected chi connectivity index (χ0v) is 12.7. The van der Waals surface area contributed by atoms with Crippen molar-refractivity contribution in [3.8, 4) is 0 Å². The summed E-state index contributed by atoms with van der Waals surface area (Å²) < 4.78 is 0. The third kappa shape index (κ3) is 2.19. The fraction of sp³-hybridized carbons (Fsp3) is 0.267. The minimum absolute atomic E-state index is 0.0150. The molecule has 2 N–H and O–H groups in total. The predicted octanol–water partition coefficient (Wildman–Crippen LogP) is 3.89. The maximum atomic E-state index is 12.7. The Kier molecular flexibility index (Phi) is 3.44. The number of carbonyl (C=O) groups excluding carboxylic acids is 1. The number of aryl methyl sites for hydroxylation is 2. The molecule has 1 aliphatic rings. The molecule has 20 heavy (non-hydrogen) atoms. The molecule has 0 radical (unpaired) electrons. The second-order valence-electron chi connectivity index (χ2n) is 5.01. The summed E-state index contributed by atoms with van der Waals surface area (Å²) in [5, 5.41) is 2.49. The lowest BCUT2D eigenvalue weighted by Gasteiger charge is -2.29. The van der Waals surface area contributed by atoms with Gasteiger partial charge in [0.2, 0.25) is 0 Å². The lowest BCUT2D eigenvalue weighted by atomic mass is 10.0. The van der Waals surface area contributed by atoms with E-state index in [0.29, 0.717) is 9.90 Å². The highest BCUT2D eigenvalue weighted by Gasteiger charge is 2.26. The van der Waals surface area contributed by atoms with Crippen LogP contribution in [0.15, 0.2) is 23.6 Å². The van der Waals surface area contributed by atoms with E-state index in [2.05, 4.69) is 0 Å². The average molecular weight is 307 g/mol. The summed E-state index contributed by atoms with van der Waals surface area (Å²) in [6, 6.07) is 5.72. The van der Waals surface area contributed by atoms with Crippen molar-refractivity contribution in [3.63, 3.8) is 0 Å². The molecule has 0 atom stereocenters. The first-order valence-electron chi connectivity index (χ1n) is 6.52. The molecule has 1 amide bonds. The monoisotopic (exact) mass is 306 g/mol. The first-order chi connectivity index (χ1) is 9.58. The summed E-state index contributed by atoms with van der Waals surface area (Å²) in [5.41, 5.74) is 9.60. The summed E-state index contributed by atoms with van der Waals surface area (Å²) in [6.07, 6.45) is 1.91. The summed E-state index contributed by atoms with van der Waals surface area (Å²) in [5.74, 6) is -0.0150. The van der Waals surface area contributed by atoms with Crippen molar-refractivity contribution in [1.29, 1.82) is 0 Å². The van der Waals surface area contributed by atoms with Crippen LogP contribution in [0.2, 0.25) is 5.02 Å². The number of hydrogen-bond donors (Lipinski definition) is 1. The molecule has 3 nitrogen and oxygen atoms in total. The molecule has 0 saturated carbocycles. The maximum Gasteiger partial charge on any atom is 0.269 e. The molecule has 0 saturated heterocycles. The van der Waals surface area contributed by atoms with E-state index in [0.717, 1.165) is 41.9 Å². The number of nitrogens with two attached hydrogens (primary N) is 1.